The second-order valence-electron chi connectivity index (χ2n) is 4.62. The topological polar surface area (TPSA) is 110 Å². The van der Waals surface area contributed by atoms with E-state index in [0.29, 0.717) is 0 Å². The van der Waals surface area contributed by atoms with Gasteiger partial charge in [-0.05, 0) is 25.5 Å². The predicted molar refractivity (Wildman–Crippen MR) is 77.4 cm³/mol. The third kappa shape index (κ3) is 3.92. The molecule has 4 N–H and O–H groups in total. The van der Waals surface area contributed by atoms with Crippen molar-refractivity contribution >= 4 is 17.3 Å². The monoisotopic (exact) mass is 280 g/mol. The number of hydrazine groups is 1. The van der Waals surface area contributed by atoms with Crippen molar-refractivity contribution < 1.29 is 9.72 Å². The summed E-state index contributed by atoms with van der Waals surface area (Å²) < 4.78 is 0. The minimum absolute atomic E-state index is 0.00815. The SMILES string of the molecule is CCCCC(C)NC(=O)c1cccc(NN)c1[N+](=O)[O-]. The number of nitro benzene ring substituents is 1. The van der Waals surface area contributed by atoms with Gasteiger partial charge in [-0.15, -0.1) is 0 Å². The van der Waals surface area contributed by atoms with Crippen molar-refractivity contribution in [2.75, 3.05) is 5.43 Å². The molecule has 0 aliphatic heterocycles. The highest BCUT2D eigenvalue weighted by Gasteiger charge is 2.24. The third-order valence-electron chi connectivity index (χ3n) is 2.99. The molecule has 0 saturated heterocycles. The molecule has 0 aliphatic rings. The van der Waals surface area contributed by atoms with Crippen molar-refractivity contribution in [1.29, 1.82) is 0 Å². The number of carbonyl (C=O) groups excluding carboxylic acids is 1. The van der Waals surface area contributed by atoms with Gasteiger partial charge in [0.15, 0.2) is 0 Å². The molecule has 0 heterocycles. The number of para-hydroxylation sites is 1. The van der Waals surface area contributed by atoms with Gasteiger partial charge in [-0.2, -0.15) is 0 Å². The van der Waals surface area contributed by atoms with Gasteiger partial charge in [0.2, 0.25) is 0 Å². The smallest absolute Gasteiger partial charge is 0.306 e. The van der Waals surface area contributed by atoms with Crippen molar-refractivity contribution in [3.63, 3.8) is 0 Å². The van der Waals surface area contributed by atoms with Gasteiger partial charge >= 0.3 is 5.69 Å². The van der Waals surface area contributed by atoms with Crippen LogP contribution in [0.2, 0.25) is 0 Å². The molecule has 0 saturated carbocycles. The molecule has 1 amide bonds. The quantitative estimate of drug-likeness (QED) is 0.403. The number of carbonyl (C=O) groups is 1. The summed E-state index contributed by atoms with van der Waals surface area (Å²) in [7, 11) is 0. The summed E-state index contributed by atoms with van der Waals surface area (Å²) in [6.07, 6.45) is 2.87. The van der Waals surface area contributed by atoms with Gasteiger partial charge in [0, 0.05) is 6.04 Å². The van der Waals surface area contributed by atoms with E-state index in [1.807, 2.05) is 6.92 Å². The van der Waals surface area contributed by atoms with Gasteiger partial charge in [-0.1, -0.05) is 25.8 Å². The Balaban J connectivity index is 2.95. The van der Waals surface area contributed by atoms with Crippen LogP contribution in [0, 0.1) is 10.1 Å². The van der Waals surface area contributed by atoms with Gasteiger partial charge in [-0.3, -0.25) is 20.8 Å². The highest BCUT2D eigenvalue weighted by atomic mass is 16.6. The van der Waals surface area contributed by atoms with E-state index >= 15 is 0 Å². The van der Waals surface area contributed by atoms with Gasteiger partial charge in [-0.25, -0.2) is 0 Å². The van der Waals surface area contributed by atoms with E-state index in [-0.39, 0.29) is 23.0 Å². The fraction of sp³-hybridized carbons (Fsp3) is 0.462. The molecule has 1 aromatic carbocycles. The number of rotatable bonds is 7. The minimum atomic E-state index is -0.610. The molecule has 0 radical (unpaired) electrons. The van der Waals surface area contributed by atoms with Crippen molar-refractivity contribution in [3.05, 3.63) is 33.9 Å². The van der Waals surface area contributed by atoms with Crippen LogP contribution in [0.4, 0.5) is 11.4 Å². The van der Waals surface area contributed by atoms with Crippen LogP contribution in [0.15, 0.2) is 18.2 Å². The van der Waals surface area contributed by atoms with E-state index < -0.39 is 10.8 Å². The largest absolute Gasteiger partial charge is 0.349 e. The number of nitrogens with zero attached hydrogens (tertiary/aromatic N) is 1. The average molecular weight is 280 g/mol. The molecule has 1 unspecified atom stereocenters. The van der Waals surface area contributed by atoms with Crippen LogP contribution in [0.1, 0.15) is 43.5 Å². The first-order valence-corrected chi connectivity index (χ1v) is 6.56. The maximum Gasteiger partial charge on any atom is 0.306 e. The Labute approximate surface area is 117 Å². The van der Waals surface area contributed by atoms with Crippen LogP contribution >= 0.6 is 0 Å². The van der Waals surface area contributed by atoms with Crippen molar-refractivity contribution in [2.24, 2.45) is 5.84 Å². The zero-order valence-electron chi connectivity index (χ0n) is 11.7. The van der Waals surface area contributed by atoms with E-state index in [9.17, 15) is 14.9 Å². The van der Waals surface area contributed by atoms with Crippen molar-refractivity contribution in [2.45, 2.75) is 39.2 Å². The normalized spacial score (nSPS) is 11.8. The zero-order chi connectivity index (χ0) is 15.1. The molecule has 0 aliphatic carbocycles. The first-order chi connectivity index (χ1) is 9.51. The first-order valence-electron chi connectivity index (χ1n) is 6.56. The summed E-state index contributed by atoms with van der Waals surface area (Å²) in [6.45, 7) is 3.94. The lowest BCUT2D eigenvalue weighted by Gasteiger charge is -2.14. The Morgan fingerprint density at radius 2 is 2.20 bits per heavy atom. The molecule has 0 fully saturated rings. The van der Waals surface area contributed by atoms with E-state index in [1.165, 1.54) is 12.1 Å². The number of nitro groups is 1. The number of unbranched alkanes of at least 4 members (excludes halogenated alkanes) is 1. The molecule has 1 atom stereocenters. The molecule has 20 heavy (non-hydrogen) atoms. The lowest BCUT2D eigenvalue weighted by molar-refractivity contribution is -0.384. The number of amides is 1. The molecule has 7 heteroatoms. The van der Waals surface area contributed by atoms with Crippen LogP contribution in [0.3, 0.4) is 0 Å². The molecule has 0 aromatic heterocycles. The number of nitrogens with two attached hydrogens (primary N) is 1. The Hall–Kier alpha value is -2.15. The molecule has 7 nitrogen and oxygen atoms in total. The number of hydrogen-bond donors (Lipinski definition) is 3. The average Bonchev–Trinajstić information content (AvgIpc) is 2.43. The number of nitrogen functional groups attached to an aromatic ring is 1. The Morgan fingerprint density at radius 3 is 2.75 bits per heavy atom. The first kappa shape index (κ1) is 15.9. The van der Waals surface area contributed by atoms with Crippen molar-refractivity contribution in [3.8, 4) is 0 Å². The highest BCUT2D eigenvalue weighted by Crippen LogP contribution is 2.27. The molecule has 1 aromatic rings. The Bertz CT molecular complexity index is 491. The minimum Gasteiger partial charge on any atom is -0.349 e. The van der Waals surface area contributed by atoms with Gasteiger partial charge < -0.3 is 10.7 Å². The summed E-state index contributed by atoms with van der Waals surface area (Å²) in [6, 6.07) is 4.39. The van der Waals surface area contributed by atoms with Crippen LogP contribution in [-0.2, 0) is 0 Å². The zero-order valence-corrected chi connectivity index (χ0v) is 11.7. The highest BCUT2D eigenvalue weighted by molar-refractivity contribution is 6.00. The molecule has 110 valence electrons. The second kappa shape index (κ2) is 7.44. The second-order valence-corrected chi connectivity index (χ2v) is 4.62. The number of anilines is 1. The molecule has 0 bridgehead atoms. The Morgan fingerprint density at radius 1 is 1.50 bits per heavy atom. The summed E-state index contributed by atoms with van der Waals surface area (Å²) in [5.74, 6) is 4.78. The number of nitrogens with one attached hydrogen (secondary N) is 2. The lowest BCUT2D eigenvalue weighted by atomic mass is 10.1. The maximum absolute atomic E-state index is 12.1. The predicted octanol–water partition coefficient (Wildman–Crippen LogP) is 2.19. The summed E-state index contributed by atoms with van der Waals surface area (Å²) in [5, 5.41) is 13.9. The number of hydrogen-bond acceptors (Lipinski definition) is 5. The number of benzene rings is 1. The van der Waals surface area contributed by atoms with Gasteiger partial charge in [0.05, 0.1) is 4.92 Å². The Kier molecular flexibility index (Phi) is 5.92. The lowest BCUT2D eigenvalue weighted by Crippen LogP contribution is -2.33. The molecule has 1 rings (SSSR count). The van der Waals surface area contributed by atoms with Crippen LogP contribution in [0.25, 0.3) is 0 Å². The molecular formula is C13H20N4O3. The van der Waals surface area contributed by atoms with Crippen LogP contribution in [-0.4, -0.2) is 16.9 Å². The van der Waals surface area contributed by atoms with Crippen molar-refractivity contribution in [1.82, 2.24) is 5.32 Å². The summed E-state index contributed by atoms with van der Waals surface area (Å²) in [4.78, 5) is 22.6. The third-order valence-corrected chi connectivity index (χ3v) is 2.99. The summed E-state index contributed by atoms with van der Waals surface area (Å²) >= 11 is 0. The van der Waals surface area contributed by atoms with Crippen LogP contribution in [0.5, 0.6) is 0 Å². The van der Waals surface area contributed by atoms with E-state index in [4.69, 9.17) is 5.84 Å². The maximum atomic E-state index is 12.1. The van der Waals surface area contributed by atoms with E-state index in [0.717, 1.165) is 19.3 Å². The molecular weight excluding hydrogens is 260 g/mol. The standard InChI is InChI=1S/C13H20N4O3/c1-3-4-6-9(2)15-13(18)10-7-5-8-11(16-14)12(10)17(19)20/h5,7-9,16H,3-4,6,14H2,1-2H3,(H,15,18). The van der Waals surface area contributed by atoms with E-state index in [1.54, 1.807) is 6.07 Å². The fourth-order valence-corrected chi connectivity index (χ4v) is 1.92. The van der Waals surface area contributed by atoms with E-state index in [2.05, 4.69) is 17.7 Å². The fourth-order valence-electron chi connectivity index (χ4n) is 1.92. The summed E-state index contributed by atoms with van der Waals surface area (Å²) in [5.41, 5.74) is 2.05. The van der Waals surface area contributed by atoms with Crippen LogP contribution < -0.4 is 16.6 Å². The van der Waals surface area contributed by atoms with Gasteiger partial charge in [0.25, 0.3) is 5.91 Å². The molecule has 0 spiro atoms. The van der Waals surface area contributed by atoms with Gasteiger partial charge in [0.1, 0.15) is 11.3 Å².